The maximum atomic E-state index is 13.3. The van der Waals surface area contributed by atoms with E-state index in [0.717, 1.165) is 53.0 Å². The van der Waals surface area contributed by atoms with Gasteiger partial charge in [0.15, 0.2) is 0 Å². The van der Waals surface area contributed by atoms with Crippen LogP contribution in [0.15, 0.2) is 24.3 Å². The van der Waals surface area contributed by atoms with Crippen molar-refractivity contribution in [3.8, 4) is 0 Å². The first-order valence-electron chi connectivity index (χ1n) is 12.0. The van der Waals surface area contributed by atoms with Crippen LogP contribution in [0.4, 0.5) is 4.79 Å². The third-order valence-corrected chi connectivity index (χ3v) is 8.35. The van der Waals surface area contributed by atoms with Crippen LogP contribution in [0.1, 0.15) is 77.3 Å². The van der Waals surface area contributed by atoms with Crippen LogP contribution in [0.25, 0.3) is 0 Å². The van der Waals surface area contributed by atoms with E-state index in [1.807, 2.05) is 24.3 Å². The van der Waals surface area contributed by atoms with Crippen LogP contribution in [0.5, 0.6) is 0 Å². The summed E-state index contributed by atoms with van der Waals surface area (Å²) in [5.74, 6) is 1.57. The number of urea groups is 1. The van der Waals surface area contributed by atoms with E-state index in [9.17, 15) is 14.4 Å². The third kappa shape index (κ3) is 3.52. The molecule has 1 saturated heterocycles. The van der Waals surface area contributed by atoms with E-state index in [1.54, 1.807) is 6.92 Å². The molecule has 1 aromatic carbocycles. The predicted molar refractivity (Wildman–Crippen MR) is 122 cm³/mol. The highest BCUT2D eigenvalue weighted by Gasteiger charge is 2.53. The van der Waals surface area contributed by atoms with Crippen LogP contribution in [0.2, 0.25) is 0 Å². The molecule has 1 heterocycles. The first kappa shape index (κ1) is 21.5. The molecule has 0 unspecified atom stereocenters. The zero-order valence-electron chi connectivity index (χ0n) is 19.7. The van der Waals surface area contributed by atoms with Gasteiger partial charge in [-0.3, -0.25) is 14.5 Å². The van der Waals surface area contributed by atoms with Crippen molar-refractivity contribution in [2.24, 2.45) is 17.8 Å². The van der Waals surface area contributed by atoms with Crippen molar-refractivity contribution in [1.82, 2.24) is 15.5 Å². The van der Waals surface area contributed by atoms with Crippen molar-refractivity contribution in [3.05, 3.63) is 35.4 Å². The van der Waals surface area contributed by atoms with Gasteiger partial charge < -0.3 is 10.6 Å². The number of nitrogens with one attached hydrogen (secondary N) is 2. The summed E-state index contributed by atoms with van der Waals surface area (Å²) in [4.78, 5) is 40.1. The minimum Gasteiger partial charge on any atom is -0.349 e. The Morgan fingerprint density at radius 2 is 1.56 bits per heavy atom. The molecule has 172 valence electrons. The van der Waals surface area contributed by atoms with Gasteiger partial charge in [0.2, 0.25) is 5.91 Å². The van der Waals surface area contributed by atoms with Gasteiger partial charge in [0.1, 0.15) is 12.1 Å². The van der Waals surface area contributed by atoms with Crippen LogP contribution in [-0.4, -0.2) is 34.8 Å². The van der Waals surface area contributed by atoms with Gasteiger partial charge in [-0.2, -0.15) is 0 Å². The minimum atomic E-state index is -1.16. The Bertz CT molecular complexity index is 926. The number of nitrogens with zero attached hydrogens (tertiary/aromatic N) is 1. The summed E-state index contributed by atoms with van der Waals surface area (Å²) < 4.78 is 0. The number of hydrogen-bond donors (Lipinski definition) is 2. The molecule has 5 aliphatic rings. The van der Waals surface area contributed by atoms with Gasteiger partial charge in [0, 0.05) is 5.54 Å². The number of imide groups is 1. The fourth-order valence-electron chi connectivity index (χ4n) is 7.08. The van der Waals surface area contributed by atoms with Gasteiger partial charge in [-0.1, -0.05) is 45.0 Å². The van der Waals surface area contributed by atoms with Gasteiger partial charge in [-0.25, -0.2) is 4.79 Å². The number of hydrogen-bond acceptors (Lipinski definition) is 3. The van der Waals surface area contributed by atoms with E-state index in [-0.39, 0.29) is 29.3 Å². The highest BCUT2D eigenvalue weighted by atomic mass is 16.2. The first-order chi connectivity index (χ1) is 15.0. The lowest BCUT2D eigenvalue weighted by Gasteiger charge is -2.56. The number of carbonyl (C=O) groups is 3. The summed E-state index contributed by atoms with van der Waals surface area (Å²) in [7, 11) is 0. The quantitative estimate of drug-likeness (QED) is 0.703. The number of rotatable bonds is 4. The SMILES string of the molecule is CC(C)(C)c1ccc([C@@]2(C)NC(=O)N(CC(=O)NC34CC5CC(CC(C5)C3)C4)C2=O)cc1. The molecule has 4 bridgehead atoms. The lowest BCUT2D eigenvalue weighted by atomic mass is 9.53. The molecule has 6 rings (SSSR count). The largest absolute Gasteiger partial charge is 0.349 e. The molecule has 1 aliphatic heterocycles. The molecule has 5 fully saturated rings. The fraction of sp³-hybridized carbons (Fsp3) is 0.654. The Morgan fingerprint density at radius 1 is 1.03 bits per heavy atom. The summed E-state index contributed by atoms with van der Waals surface area (Å²) >= 11 is 0. The van der Waals surface area contributed by atoms with Gasteiger partial charge >= 0.3 is 6.03 Å². The predicted octanol–water partition coefficient (Wildman–Crippen LogP) is 3.84. The molecule has 4 saturated carbocycles. The van der Waals surface area contributed by atoms with Crippen molar-refractivity contribution in [2.75, 3.05) is 6.54 Å². The summed E-state index contributed by atoms with van der Waals surface area (Å²) in [6, 6.07) is 7.30. The molecular formula is C26H35N3O3. The third-order valence-electron chi connectivity index (χ3n) is 8.35. The molecule has 6 nitrogen and oxygen atoms in total. The second kappa shape index (κ2) is 7.06. The molecule has 6 heteroatoms. The summed E-state index contributed by atoms with van der Waals surface area (Å²) in [5.41, 5.74) is 0.608. The molecular weight excluding hydrogens is 402 g/mol. The van der Waals surface area contributed by atoms with Crippen LogP contribution in [0, 0.1) is 17.8 Å². The lowest BCUT2D eigenvalue weighted by Crippen LogP contribution is -2.61. The van der Waals surface area contributed by atoms with Gasteiger partial charge in [-0.05, 0) is 79.7 Å². The van der Waals surface area contributed by atoms with E-state index < -0.39 is 11.6 Å². The molecule has 1 atom stereocenters. The van der Waals surface area contributed by atoms with Crippen molar-refractivity contribution in [2.45, 2.75) is 82.7 Å². The van der Waals surface area contributed by atoms with Crippen LogP contribution in [-0.2, 0) is 20.5 Å². The Balaban J connectivity index is 1.28. The summed E-state index contributed by atoms with van der Waals surface area (Å²) in [6.45, 7) is 7.90. The van der Waals surface area contributed by atoms with E-state index in [0.29, 0.717) is 0 Å². The van der Waals surface area contributed by atoms with Gasteiger partial charge in [0.25, 0.3) is 5.91 Å². The Hall–Kier alpha value is -2.37. The normalized spacial score (nSPS) is 35.9. The Morgan fingerprint density at radius 3 is 2.06 bits per heavy atom. The Labute approximate surface area is 190 Å². The van der Waals surface area contributed by atoms with E-state index >= 15 is 0 Å². The van der Waals surface area contributed by atoms with E-state index in [1.165, 1.54) is 19.3 Å². The molecule has 1 aromatic rings. The average Bonchev–Trinajstić information content (AvgIpc) is 2.90. The fourth-order valence-corrected chi connectivity index (χ4v) is 7.08. The second-order valence-corrected chi connectivity index (χ2v) is 12.0. The van der Waals surface area contributed by atoms with Crippen LogP contribution >= 0.6 is 0 Å². The van der Waals surface area contributed by atoms with Crippen molar-refractivity contribution in [1.29, 1.82) is 0 Å². The highest BCUT2D eigenvalue weighted by Crippen LogP contribution is 2.55. The van der Waals surface area contributed by atoms with Gasteiger partial charge in [-0.15, -0.1) is 0 Å². The van der Waals surface area contributed by atoms with Crippen molar-refractivity contribution in [3.63, 3.8) is 0 Å². The monoisotopic (exact) mass is 437 g/mol. The van der Waals surface area contributed by atoms with Crippen molar-refractivity contribution < 1.29 is 14.4 Å². The molecule has 4 amide bonds. The topological polar surface area (TPSA) is 78.5 Å². The average molecular weight is 438 g/mol. The van der Waals surface area contributed by atoms with Crippen LogP contribution in [0.3, 0.4) is 0 Å². The number of amides is 4. The zero-order chi connectivity index (χ0) is 22.9. The zero-order valence-corrected chi connectivity index (χ0v) is 19.7. The second-order valence-electron chi connectivity index (χ2n) is 12.0. The molecule has 0 spiro atoms. The molecule has 0 aromatic heterocycles. The smallest absolute Gasteiger partial charge is 0.325 e. The first-order valence-corrected chi connectivity index (χ1v) is 12.0. The van der Waals surface area contributed by atoms with Crippen molar-refractivity contribution >= 4 is 17.8 Å². The lowest BCUT2D eigenvalue weighted by molar-refractivity contribution is -0.136. The van der Waals surface area contributed by atoms with E-state index in [4.69, 9.17) is 0 Å². The molecule has 32 heavy (non-hydrogen) atoms. The summed E-state index contributed by atoms with van der Waals surface area (Å²) in [6.07, 6.45) is 7.03. The van der Waals surface area contributed by atoms with E-state index in [2.05, 4.69) is 31.4 Å². The maximum Gasteiger partial charge on any atom is 0.325 e. The van der Waals surface area contributed by atoms with Crippen LogP contribution < -0.4 is 10.6 Å². The number of benzene rings is 1. The summed E-state index contributed by atoms with van der Waals surface area (Å²) in [5, 5.41) is 6.10. The molecule has 2 N–H and O–H groups in total. The highest BCUT2D eigenvalue weighted by molar-refractivity contribution is 6.09. The Kier molecular flexibility index (Phi) is 4.74. The minimum absolute atomic E-state index is 0.00372. The molecule has 4 aliphatic carbocycles. The number of carbonyl (C=O) groups excluding carboxylic acids is 3. The maximum absolute atomic E-state index is 13.3. The standard InChI is InChI=1S/C26H35N3O3/c1-24(2,3)19-5-7-20(8-6-19)25(4)22(31)29(23(32)28-25)15-21(30)27-26-12-16-9-17(13-26)11-18(10-16)14-26/h5-8,16-18H,9-15H2,1-4H3,(H,27,30)(H,28,32)/t16?,17?,18?,25-,26?/m1/s1. The molecule has 0 radical (unpaired) electrons. The van der Waals surface area contributed by atoms with Gasteiger partial charge in [0.05, 0.1) is 0 Å².